The van der Waals surface area contributed by atoms with Crippen molar-refractivity contribution in [2.24, 2.45) is 0 Å². The van der Waals surface area contributed by atoms with E-state index in [1.807, 2.05) is 43.3 Å². The minimum atomic E-state index is -0.391. The lowest BCUT2D eigenvalue weighted by molar-refractivity contribution is -0.138. The Hall–Kier alpha value is -2.66. The second-order valence-corrected chi connectivity index (χ2v) is 7.45. The predicted molar refractivity (Wildman–Crippen MR) is 105 cm³/mol. The molecule has 2 atom stereocenters. The molecular weight excluding hydrogens is 338 g/mol. The monoisotopic (exact) mass is 363 g/mol. The van der Waals surface area contributed by atoms with Gasteiger partial charge in [0, 0.05) is 18.8 Å². The fourth-order valence-corrected chi connectivity index (χ4v) is 3.99. The second-order valence-electron chi connectivity index (χ2n) is 7.45. The number of nitrogens with one attached hydrogen (secondary N) is 2. The highest BCUT2D eigenvalue weighted by molar-refractivity contribution is 5.98. The van der Waals surface area contributed by atoms with E-state index in [0.717, 1.165) is 17.7 Å². The Morgan fingerprint density at radius 3 is 2.59 bits per heavy atom. The van der Waals surface area contributed by atoms with Crippen molar-refractivity contribution in [1.82, 2.24) is 10.2 Å². The van der Waals surface area contributed by atoms with Crippen molar-refractivity contribution in [2.45, 2.75) is 44.8 Å². The van der Waals surface area contributed by atoms with Crippen LogP contribution in [0, 0.1) is 6.92 Å². The number of anilines is 1. The highest BCUT2D eigenvalue weighted by atomic mass is 16.2. The third kappa shape index (κ3) is 3.74. The normalized spacial score (nSPS) is 21.6. The first-order chi connectivity index (χ1) is 13.1. The summed E-state index contributed by atoms with van der Waals surface area (Å²) < 4.78 is 0. The summed E-state index contributed by atoms with van der Waals surface area (Å²) in [6.45, 7) is 3.35. The van der Waals surface area contributed by atoms with Crippen molar-refractivity contribution in [3.63, 3.8) is 0 Å². The molecule has 2 aliphatic rings. The van der Waals surface area contributed by atoms with Crippen LogP contribution in [-0.4, -0.2) is 35.3 Å². The summed E-state index contributed by atoms with van der Waals surface area (Å²) in [5.74, 6) is -0.0630. The van der Waals surface area contributed by atoms with E-state index in [0.29, 0.717) is 25.9 Å². The summed E-state index contributed by atoms with van der Waals surface area (Å²) in [7, 11) is 0. The van der Waals surface area contributed by atoms with E-state index >= 15 is 0 Å². The van der Waals surface area contributed by atoms with E-state index in [9.17, 15) is 9.59 Å². The molecule has 27 heavy (non-hydrogen) atoms. The van der Waals surface area contributed by atoms with Gasteiger partial charge in [-0.15, -0.1) is 0 Å². The molecule has 4 rings (SSSR count). The molecule has 5 nitrogen and oxygen atoms in total. The molecule has 2 aliphatic heterocycles. The van der Waals surface area contributed by atoms with Crippen molar-refractivity contribution in [2.75, 3.05) is 11.9 Å². The molecule has 2 aromatic carbocycles. The standard InChI is InChI=1S/C22H25N3O2/c1-15-8-10-18(11-9-15)24-21(26)20-7-4-12-25(20)22(27)19-13-16-5-2-3-6-17(16)14-23-19/h2-3,5-6,8-11,19-20,23H,4,7,12-14H2,1H3,(H,24,26). The van der Waals surface area contributed by atoms with Crippen LogP contribution in [0.5, 0.6) is 0 Å². The molecule has 2 aromatic rings. The average molecular weight is 363 g/mol. The minimum absolute atomic E-state index is 0.0334. The van der Waals surface area contributed by atoms with E-state index in [1.54, 1.807) is 4.90 Å². The van der Waals surface area contributed by atoms with Crippen molar-refractivity contribution in [3.05, 3.63) is 65.2 Å². The lowest BCUT2D eigenvalue weighted by Crippen LogP contribution is -2.53. The third-order valence-electron chi connectivity index (χ3n) is 5.54. The molecule has 5 heteroatoms. The first-order valence-corrected chi connectivity index (χ1v) is 9.60. The van der Waals surface area contributed by atoms with Crippen LogP contribution in [0.4, 0.5) is 5.69 Å². The molecular formula is C22H25N3O2. The van der Waals surface area contributed by atoms with Gasteiger partial charge in [0.1, 0.15) is 6.04 Å². The highest BCUT2D eigenvalue weighted by Gasteiger charge is 2.38. The van der Waals surface area contributed by atoms with Crippen molar-refractivity contribution >= 4 is 17.5 Å². The number of benzene rings is 2. The van der Waals surface area contributed by atoms with Crippen LogP contribution in [0.2, 0.25) is 0 Å². The maximum atomic E-state index is 13.1. The summed E-state index contributed by atoms with van der Waals surface area (Å²) in [4.78, 5) is 27.6. The number of hydrogen-bond donors (Lipinski definition) is 2. The zero-order chi connectivity index (χ0) is 18.8. The quantitative estimate of drug-likeness (QED) is 0.881. The molecule has 1 fully saturated rings. The van der Waals surface area contributed by atoms with Gasteiger partial charge in [0.25, 0.3) is 0 Å². The molecule has 0 bridgehead atoms. The predicted octanol–water partition coefficient (Wildman–Crippen LogP) is 2.64. The first kappa shape index (κ1) is 17.7. The van der Waals surface area contributed by atoms with Gasteiger partial charge in [-0.05, 0) is 49.4 Å². The molecule has 2 amide bonds. The van der Waals surface area contributed by atoms with Gasteiger partial charge in [-0.1, -0.05) is 42.0 Å². The zero-order valence-corrected chi connectivity index (χ0v) is 15.6. The Bertz CT molecular complexity index is 847. The third-order valence-corrected chi connectivity index (χ3v) is 5.54. The van der Waals surface area contributed by atoms with Gasteiger partial charge in [-0.2, -0.15) is 0 Å². The van der Waals surface area contributed by atoms with E-state index in [1.165, 1.54) is 11.1 Å². The van der Waals surface area contributed by atoms with Crippen molar-refractivity contribution in [1.29, 1.82) is 0 Å². The Labute approximate surface area is 159 Å². The summed E-state index contributed by atoms with van der Waals surface area (Å²) in [6.07, 6.45) is 2.26. The van der Waals surface area contributed by atoms with Crippen LogP contribution in [0.3, 0.4) is 0 Å². The largest absolute Gasteiger partial charge is 0.329 e. The van der Waals surface area contributed by atoms with E-state index in [2.05, 4.69) is 22.8 Å². The molecule has 1 saturated heterocycles. The Kier molecular flexibility index (Phi) is 4.94. The van der Waals surface area contributed by atoms with E-state index < -0.39 is 6.04 Å². The van der Waals surface area contributed by atoms with Gasteiger partial charge in [-0.25, -0.2) is 0 Å². The number of aryl methyl sites for hydroxylation is 1. The van der Waals surface area contributed by atoms with Crippen LogP contribution < -0.4 is 10.6 Å². The molecule has 140 valence electrons. The van der Waals surface area contributed by atoms with Crippen LogP contribution in [-0.2, 0) is 22.6 Å². The van der Waals surface area contributed by atoms with Crippen LogP contribution in [0.25, 0.3) is 0 Å². The number of fused-ring (bicyclic) bond motifs is 1. The second kappa shape index (κ2) is 7.53. The summed E-state index contributed by atoms with van der Waals surface area (Å²) in [6, 6.07) is 15.3. The van der Waals surface area contributed by atoms with E-state index in [4.69, 9.17) is 0 Å². The van der Waals surface area contributed by atoms with Crippen molar-refractivity contribution in [3.8, 4) is 0 Å². The minimum Gasteiger partial charge on any atom is -0.329 e. The molecule has 0 aliphatic carbocycles. The van der Waals surface area contributed by atoms with Crippen LogP contribution in [0.1, 0.15) is 29.5 Å². The average Bonchev–Trinajstić information content (AvgIpc) is 3.19. The fourth-order valence-electron chi connectivity index (χ4n) is 3.99. The number of hydrogen-bond acceptors (Lipinski definition) is 3. The lowest BCUT2D eigenvalue weighted by atomic mass is 9.95. The molecule has 0 spiro atoms. The summed E-state index contributed by atoms with van der Waals surface area (Å²) in [5, 5.41) is 6.31. The SMILES string of the molecule is Cc1ccc(NC(=O)C2CCCN2C(=O)C2Cc3ccccc3CN2)cc1. The smallest absolute Gasteiger partial charge is 0.247 e. The Balaban J connectivity index is 1.44. The van der Waals surface area contributed by atoms with Gasteiger partial charge in [0.2, 0.25) is 11.8 Å². The van der Waals surface area contributed by atoms with Gasteiger partial charge < -0.3 is 15.5 Å². The van der Waals surface area contributed by atoms with Crippen LogP contribution >= 0.6 is 0 Å². The van der Waals surface area contributed by atoms with Crippen molar-refractivity contribution < 1.29 is 9.59 Å². The Morgan fingerprint density at radius 2 is 1.81 bits per heavy atom. The number of amides is 2. The first-order valence-electron chi connectivity index (χ1n) is 9.60. The van der Waals surface area contributed by atoms with Crippen LogP contribution in [0.15, 0.2) is 48.5 Å². The topological polar surface area (TPSA) is 61.4 Å². The van der Waals surface area contributed by atoms with Gasteiger partial charge >= 0.3 is 0 Å². The molecule has 0 radical (unpaired) electrons. The summed E-state index contributed by atoms with van der Waals surface area (Å²) >= 11 is 0. The maximum Gasteiger partial charge on any atom is 0.247 e. The van der Waals surface area contributed by atoms with Gasteiger partial charge in [0.05, 0.1) is 6.04 Å². The molecule has 0 saturated carbocycles. The summed E-state index contributed by atoms with van der Waals surface area (Å²) in [5.41, 5.74) is 4.38. The number of rotatable bonds is 3. The fraction of sp³-hybridized carbons (Fsp3) is 0.364. The number of likely N-dealkylation sites (tertiary alicyclic amines) is 1. The number of nitrogens with zero attached hydrogens (tertiary/aromatic N) is 1. The number of carbonyl (C=O) groups excluding carboxylic acids is 2. The Morgan fingerprint density at radius 1 is 1.07 bits per heavy atom. The molecule has 2 N–H and O–H groups in total. The zero-order valence-electron chi connectivity index (χ0n) is 15.6. The maximum absolute atomic E-state index is 13.1. The molecule has 2 unspecified atom stereocenters. The lowest BCUT2D eigenvalue weighted by Gasteiger charge is -2.31. The molecule has 2 heterocycles. The van der Waals surface area contributed by atoms with E-state index in [-0.39, 0.29) is 17.9 Å². The van der Waals surface area contributed by atoms with Gasteiger partial charge in [0.15, 0.2) is 0 Å². The van der Waals surface area contributed by atoms with Gasteiger partial charge in [-0.3, -0.25) is 9.59 Å². The highest BCUT2D eigenvalue weighted by Crippen LogP contribution is 2.23. The molecule has 0 aromatic heterocycles. The number of carbonyl (C=O) groups is 2.